The summed E-state index contributed by atoms with van der Waals surface area (Å²) in [4.78, 5) is 43.0. The molecule has 4 aromatic rings. The Labute approximate surface area is 238 Å². The highest BCUT2D eigenvalue weighted by Gasteiger charge is 2.35. The smallest absolute Gasteiger partial charge is 0.338 e. The standard InChI is InChI=1S/C30H27N3O7S/c1-5-38-23-13-8-7-10-21(23)27-26(29(35)39-6-2)18(4)31-30-32(27)28(34)25(41-30)16-19-14-15-24(40-19)20-11-9-12-22(17(20)3)33(36)37/h7-16,27H,5-6H2,1-4H3/b25-16+/t27-/m0/s1. The topological polar surface area (TPSA) is 126 Å². The summed E-state index contributed by atoms with van der Waals surface area (Å²) >= 11 is 1.17. The SMILES string of the molecule is CCOC(=O)C1=C(C)N=c2s/c(=C/c3ccc(-c4cccc([N+](=O)[O-])c4C)o3)c(=O)n2[C@H]1c1ccccc1OCC. The van der Waals surface area contributed by atoms with Gasteiger partial charge in [-0.3, -0.25) is 19.5 Å². The first kappa shape index (κ1) is 27.8. The second-order valence-corrected chi connectivity index (χ2v) is 10.2. The fraction of sp³-hybridized carbons (Fsp3) is 0.233. The minimum absolute atomic E-state index is 0.00568. The van der Waals surface area contributed by atoms with Gasteiger partial charge in [0.25, 0.3) is 11.2 Å². The number of ether oxygens (including phenoxy) is 2. The minimum Gasteiger partial charge on any atom is -0.494 e. The van der Waals surface area contributed by atoms with Crippen molar-refractivity contribution in [1.82, 2.24) is 4.57 Å². The molecule has 0 unspecified atom stereocenters. The van der Waals surface area contributed by atoms with Crippen LogP contribution in [0.2, 0.25) is 0 Å². The van der Waals surface area contributed by atoms with E-state index in [9.17, 15) is 19.7 Å². The van der Waals surface area contributed by atoms with E-state index >= 15 is 0 Å². The molecule has 0 fully saturated rings. The van der Waals surface area contributed by atoms with Gasteiger partial charge in [0.2, 0.25) is 0 Å². The monoisotopic (exact) mass is 573 g/mol. The Hall–Kier alpha value is -4.77. The number of allylic oxidation sites excluding steroid dienone is 1. The number of aromatic nitrogens is 1. The predicted octanol–water partition coefficient (Wildman–Crippen LogP) is 4.67. The number of nitrogens with zero attached hydrogens (tertiary/aromatic N) is 3. The van der Waals surface area contributed by atoms with Gasteiger partial charge in [-0.25, -0.2) is 9.79 Å². The number of fused-ring (bicyclic) bond motifs is 1. The van der Waals surface area contributed by atoms with Gasteiger partial charge in [0.15, 0.2) is 4.80 Å². The van der Waals surface area contributed by atoms with E-state index < -0.39 is 16.9 Å². The van der Waals surface area contributed by atoms with Gasteiger partial charge in [0, 0.05) is 28.8 Å². The predicted molar refractivity (Wildman–Crippen MR) is 154 cm³/mol. The molecule has 0 amide bonds. The Morgan fingerprint density at radius 3 is 2.63 bits per heavy atom. The number of furan rings is 1. The van der Waals surface area contributed by atoms with E-state index in [0.717, 1.165) is 0 Å². The quantitative estimate of drug-likeness (QED) is 0.170. The second-order valence-electron chi connectivity index (χ2n) is 9.18. The number of nitro benzene ring substituents is 1. The lowest BCUT2D eigenvalue weighted by molar-refractivity contribution is -0.385. The molecule has 210 valence electrons. The fourth-order valence-corrected chi connectivity index (χ4v) is 5.90. The van der Waals surface area contributed by atoms with E-state index in [0.29, 0.717) is 55.6 Å². The lowest BCUT2D eigenvalue weighted by Gasteiger charge is -2.26. The Balaban J connectivity index is 1.65. The zero-order valence-corrected chi connectivity index (χ0v) is 23.7. The van der Waals surface area contributed by atoms with Crippen molar-refractivity contribution < 1.29 is 23.6 Å². The van der Waals surface area contributed by atoms with E-state index in [-0.39, 0.29) is 23.4 Å². The minimum atomic E-state index is -0.810. The lowest BCUT2D eigenvalue weighted by Crippen LogP contribution is -2.40. The van der Waals surface area contributed by atoms with Crippen molar-refractivity contribution in [2.45, 2.75) is 33.7 Å². The maximum atomic E-state index is 13.9. The van der Waals surface area contributed by atoms with Crippen LogP contribution in [0.25, 0.3) is 17.4 Å². The summed E-state index contributed by atoms with van der Waals surface area (Å²) in [7, 11) is 0. The number of carbonyl (C=O) groups excluding carboxylic acids is 1. The molecule has 1 aliphatic heterocycles. The van der Waals surface area contributed by atoms with E-state index in [1.807, 2.05) is 25.1 Å². The van der Waals surface area contributed by atoms with Crippen LogP contribution >= 0.6 is 11.3 Å². The van der Waals surface area contributed by atoms with Crippen molar-refractivity contribution in [3.8, 4) is 17.1 Å². The maximum Gasteiger partial charge on any atom is 0.338 e. The Kier molecular flexibility index (Phi) is 7.71. The highest BCUT2D eigenvalue weighted by Crippen LogP contribution is 2.36. The van der Waals surface area contributed by atoms with Gasteiger partial charge in [0.1, 0.15) is 23.3 Å². The van der Waals surface area contributed by atoms with Crippen LogP contribution in [-0.4, -0.2) is 28.7 Å². The summed E-state index contributed by atoms with van der Waals surface area (Å²) in [6, 6.07) is 14.7. The molecule has 0 saturated heterocycles. The van der Waals surface area contributed by atoms with Crippen LogP contribution in [0.3, 0.4) is 0 Å². The van der Waals surface area contributed by atoms with Gasteiger partial charge in [-0.2, -0.15) is 0 Å². The highest BCUT2D eigenvalue weighted by molar-refractivity contribution is 7.07. The van der Waals surface area contributed by atoms with Crippen LogP contribution in [0, 0.1) is 17.0 Å². The molecule has 11 heteroatoms. The summed E-state index contributed by atoms with van der Waals surface area (Å²) in [6.07, 6.45) is 1.61. The van der Waals surface area contributed by atoms with Gasteiger partial charge in [0.05, 0.1) is 33.9 Å². The van der Waals surface area contributed by atoms with E-state index in [2.05, 4.69) is 4.99 Å². The number of hydrogen-bond donors (Lipinski definition) is 0. The fourth-order valence-electron chi connectivity index (χ4n) is 4.87. The van der Waals surface area contributed by atoms with Crippen LogP contribution in [0.5, 0.6) is 5.75 Å². The molecular weight excluding hydrogens is 546 g/mol. The van der Waals surface area contributed by atoms with Gasteiger partial charge in [-0.1, -0.05) is 41.7 Å². The van der Waals surface area contributed by atoms with Gasteiger partial charge >= 0.3 is 5.97 Å². The Morgan fingerprint density at radius 1 is 1.12 bits per heavy atom. The molecule has 0 aliphatic carbocycles. The molecule has 0 saturated carbocycles. The number of benzene rings is 2. The molecule has 0 N–H and O–H groups in total. The number of hydrogen-bond acceptors (Lipinski definition) is 9. The third-order valence-corrected chi connectivity index (χ3v) is 7.68. The van der Waals surface area contributed by atoms with E-state index in [1.54, 1.807) is 57.2 Å². The number of thiazole rings is 1. The molecule has 0 bridgehead atoms. The van der Waals surface area contributed by atoms with Crippen molar-refractivity contribution in [3.63, 3.8) is 0 Å². The summed E-state index contributed by atoms with van der Waals surface area (Å²) in [5.41, 5.74) is 2.06. The van der Waals surface area contributed by atoms with Crippen LogP contribution in [0.1, 0.15) is 43.7 Å². The zero-order valence-electron chi connectivity index (χ0n) is 22.9. The molecule has 2 aromatic carbocycles. The maximum absolute atomic E-state index is 13.9. The van der Waals surface area contributed by atoms with Crippen LogP contribution < -0.4 is 19.6 Å². The average molecular weight is 574 g/mol. The van der Waals surface area contributed by atoms with Crippen molar-refractivity contribution in [3.05, 3.63) is 113 Å². The third kappa shape index (κ3) is 5.11. The normalized spacial score (nSPS) is 14.9. The molecule has 1 aliphatic rings. The summed E-state index contributed by atoms with van der Waals surface area (Å²) < 4.78 is 19.1. The summed E-state index contributed by atoms with van der Waals surface area (Å²) in [6.45, 7) is 7.55. The van der Waals surface area contributed by atoms with Crippen molar-refractivity contribution >= 4 is 29.1 Å². The zero-order chi connectivity index (χ0) is 29.3. The first-order chi connectivity index (χ1) is 19.7. The van der Waals surface area contributed by atoms with Crippen LogP contribution in [0.15, 0.2) is 80.1 Å². The highest BCUT2D eigenvalue weighted by atomic mass is 32.1. The Bertz CT molecular complexity index is 1880. The number of rotatable bonds is 8. The molecule has 5 rings (SSSR count). The van der Waals surface area contributed by atoms with E-state index in [4.69, 9.17) is 13.9 Å². The van der Waals surface area contributed by atoms with Gasteiger partial charge < -0.3 is 13.9 Å². The van der Waals surface area contributed by atoms with Gasteiger partial charge in [-0.05, 0) is 45.9 Å². The third-order valence-electron chi connectivity index (χ3n) is 6.70. The van der Waals surface area contributed by atoms with Crippen molar-refractivity contribution in [2.24, 2.45) is 4.99 Å². The number of para-hydroxylation sites is 1. The molecular formula is C30H27N3O7S. The molecule has 1 atom stereocenters. The number of esters is 1. The average Bonchev–Trinajstić information content (AvgIpc) is 3.52. The molecule has 0 spiro atoms. The Morgan fingerprint density at radius 2 is 1.90 bits per heavy atom. The molecule has 2 aromatic heterocycles. The van der Waals surface area contributed by atoms with Crippen molar-refractivity contribution in [1.29, 1.82) is 0 Å². The van der Waals surface area contributed by atoms with Crippen LogP contribution in [-0.2, 0) is 9.53 Å². The van der Waals surface area contributed by atoms with E-state index in [1.165, 1.54) is 22.0 Å². The molecule has 3 heterocycles. The van der Waals surface area contributed by atoms with Crippen molar-refractivity contribution in [2.75, 3.05) is 13.2 Å². The first-order valence-corrected chi connectivity index (χ1v) is 13.8. The lowest BCUT2D eigenvalue weighted by atomic mass is 9.95. The number of carbonyl (C=O) groups is 1. The van der Waals surface area contributed by atoms with Crippen LogP contribution in [0.4, 0.5) is 5.69 Å². The largest absolute Gasteiger partial charge is 0.494 e. The summed E-state index contributed by atoms with van der Waals surface area (Å²) in [5, 5.41) is 11.4. The molecule has 41 heavy (non-hydrogen) atoms. The summed E-state index contributed by atoms with van der Waals surface area (Å²) in [5.74, 6) is 0.828. The van der Waals surface area contributed by atoms with Gasteiger partial charge in [-0.15, -0.1) is 0 Å². The molecule has 10 nitrogen and oxygen atoms in total. The first-order valence-electron chi connectivity index (χ1n) is 13.0. The molecule has 0 radical (unpaired) electrons. The second kappa shape index (κ2) is 11.4. The number of nitro groups is 1.